The fourth-order valence-electron chi connectivity index (χ4n) is 1.57. The van der Waals surface area contributed by atoms with Crippen molar-refractivity contribution in [3.05, 3.63) is 29.3 Å². The molecule has 0 unspecified atom stereocenters. The van der Waals surface area contributed by atoms with Crippen LogP contribution >= 0.6 is 0 Å². The van der Waals surface area contributed by atoms with Gasteiger partial charge in [0, 0.05) is 12.3 Å². The van der Waals surface area contributed by atoms with Gasteiger partial charge in [-0.3, -0.25) is 4.79 Å². The van der Waals surface area contributed by atoms with E-state index in [4.69, 9.17) is 5.11 Å². The Morgan fingerprint density at radius 3 is 2.53 bits per heavy atom. The Morgan fingerprint density at radius 2 is 1.95 bits per heavy atom. The molecule has 0 radical (unpaired) electrons. The number of hydrogen-bond acceptors (Lipinski definition) is 4. The highest BCUT2D eigenvalue weighted by atomic mass is 32.2. The third-order valence-electron chi connectivity index (χ3n) is 2.76. The first-order valence-corrected chi connectivity index (χ1v) is 7.84. The fraction of sp³-hybridized carbons (Fsp3) is 0.462. The average Bonchev–Trinajstić information content (AvgIpc) is 2.30. The van der Waals surface area contributed by atoms with Crippen molar-refractivity contribution in [3.8, 4) is 0 Å². The molecule has 0 fully saturated rings. The summed E-state index contributed by atoms with van der Waals surface area (Å²) in [6.07, 6.45) is 0.152. The zero-order chi connectivity index (χ0) is 14.5. The summed E-state index contributed by atoms with van der Waals surface area (Å²) in [7, 11) is -3.45. The molecule has 6 heteroatoms. The zero-order valence-electron chi connectivity index (χ0n) is 11.1. The van der Waals surface area contributed by atoms with Crippen molar-refractivity contribution >= 4 is 21.4 Å². The average molecular weight is 285 g/mol. The van der Waals surface area contributed by atoms with Gasteiger partial charge in [0.05, 0.1) is 5.75 Å². The van der Waals surface area contributed by atoms with E-state index in [0.717, 1.165) is 11.1 Å². The molecule has 0 saturated heterocycles. The van der Waals surface area contributed by atoms with Gasteiger partial charge < -0.3 is 10.4 Å². The van der Waals surface area contributed by atoms with E-state index in [1.54, 1.807) is 12.1 Å². The Labute approximate surface area is 113 Å². The summed E-state index contributed by atoms with van der Waals surface area (Å²) in [4.78, 5) is 11.6. The second kappa shape index (κ2) is 6.68. The van der Waals surface area contributed by atoms with Gasteiger partial charge in [0.1, 0.15) is 5.75 Å². The second-order valence-corrected chi connectivity index (χ2v) is 6.70. The molecule has 1 amide bonds. The summed E-state index contributed by atoms with van der Waals surface area (Å²) in [6.45, 7) is 3.68. The van der Waals surface area contributed by atoms with Crippen molar-refractivity contribution in [1.82, 2.24) is 0 Å². The van der Waals surface area contributed by atoms with Gasteiger partial charge >= 0.3 is 0 Å². The van der Waals surface area contributed by atoms with Gasteiger partial charge in [-0.25, -0.2) is 8.42 Å². The normalized spacial score (nSPS) is 11.3. The van der Waals surface area contributed by atoms with Gasteiger partial charge in [-0.2, -0.15) is 0 Å². The van der Waals surface area contributed by atoms with E-state index in [-0.39, 0.29) is 18.8 Å². The van der Waals surface area contributed by atoms with Gasteiger partial charge in [-0.05, 0) is 43.5 Å². The largest absolute Gasteiger partial charge is 0.396 e. The standard InChI is InChI=1S/C13H19NO4S/c1-10-4-5-12(8-11(10)2)14-13(16)9-19(17,18)7-3-6-15/h4-5,8,15H,3,6-7,9H2,1-2H3,(H,14,16). The molecule has 0 aromatic heterocycles. The number of hydrogen-bond donors (Lipinski definition) is 2. The number of aliphatic hydroxyl groups is 1. The first kappa shape index (κ1) is 15.7. The number of anilines is 1. The number of benzene rings is 1. The summed E-state index contributed by atoms with van der Waals surface area (Å²) in [6, 6.07) is 5.40. The summed E-state index contributed by atoms with van der Waals surface area (Å²) >= 11 is 0. The molecule has 0 atom stereocenters. The molecular weight excluding hydrogens is 266 g/mol. The number of aryl methyl sites for hydroxylation is 2. The maximum absolute atomic E-state index is 11.6. The first-order chi connectivity index (χ1) is 8.84. The molecule has 0 aliphatic rings. The topological polar surface area (TPSA) is 83.5 Å². The molecule has 0 aliphatic heterocycles. The molecule has 1 rings (SSSR count). The van der Waals surface area contributed by atoms with E-state index in [9.17, 15) is 13.2 Å². The Kier molecular flexibility index (Phi) is 5.50. The molecule has 0 spiro atoms. The smallest absolute Gasteiger partial charge is 0.239 e. The zero-order valence-corrected chi connectivity index (χ0v) is 12.0. The Bertz CT molecular complexity index is 552. The number of carbonyl (C=O) groups excluding carboxylic acids is 1. The minimum Gasteiger partial charge on any atom is -0.396 e. The maximum atomic E-state index is 11.6. The van der Waals surface area contributed by atoms with Crippen LogP contribution in [0.2, 0.25) is 0 Å². The van der Waals surface area contributed by atoms with Crippen LogP contribution < -0.4 is 5.32 Å². The number of amides is 1. The summed E-state index contributed by atoms with van der Waals surface area (Å²) in [5.41, 5.74) is 2.72. The first-order valence-electron chi connectivity index (χ1n) is 6.02. The van der Waals surface area contributed by atoms with E-state index in [1.807, 2.05) is 19.9 Å². The molecule has 0 bridgehead atoms. The van der Waals surface area contributed by atoms with Crippen molar-refractivity contribution in [2.75, 3.05) is 23.4 Å². The highest BCUT2D eigenvalue weighted by Crippen LogP contribution is 2.14. The van der Waals surface area contributed by atoms with Crippen LogP contribution in [-0.4, -0.2) is 37.5 Å². The maximum Gasteiger partial charge on any atom is 0.239 e. The minimum absolute atomic E-state index is 0.152. The van der Waals surface area contributed by atoms with E-state index in [2.05, 4.69) is 5.32 Å². The summed E-state index contributed by atoms with van der Waals surface area (Å²) in [5.74, 6) is -1.29. The van der Waals surface area contributed by atoms with E-state index < -0.39 is 21.5 Å². The fourth-order valence-corrected chi connectivity index (χ4v) is 2.76. The SMILES string of the molecule is Cc1ccc(NC(=O)CS(=O)(=O)CCCO)cc1C. The lowest BCUT2D eigenvalue weighted by Gasteiger charge is -2.08. The number of rotatable bonds is 6. The minimum atomic E-state index is -3.45. The number of sulfone groups is 1. The predicted molar refractivity (Wildman–Crippen MR) is 74.9 cm³/mol. The summed E-state index contributed by atoms with van der Waals surface area (Å²) < 4.78 is 23.1. The van der Waals surface area contributed by atoms with Crippen molar-refractivity contribution < 1.29 is 18.3 Å². The third kappa shape index (κ3) is 5.40. The van der Waals surface area contributed by atoms with Crippen LogP contribution in [0.25, 0.3) is 0 Å². The van der Waals surface area contributed by atoms with Crippen LogP contribution in [0.5, 0.6) is 0 Å². The lowest BCUT2D eigenvalue weighted by Crippen LogP contribution is -2.25. The molecule has 1 aromatic carbocycles. The van der Waals surface area contributed by atoms with Gasteiger partial charge in [-0.15, -0.1) is 0 Å². The van der Waals surface area contributed by atoms with Crippen molar-refractivity contribution in [3.63, 3.8) is 0 Å². The third-order valence-corrected chi connectivity index (χ3v) is 4.37. The molecule has 19 heavy (non-hydrogen) atoms. The lowest BCUT2D eigenvalue weighted by atomic mass is 10.1. The molecule has 106 valence electrons. The Hall–Kier alpha value is -1.40. The van der Waals surface area contributed by atoms with Crippen molar-refractivity contribution in [2.24, 2.45) is 0 Å². The predicted octanol–water partition coefficient (Wildman–Crippen LogP) is 1.04. The summed E-state index contributed by atoms with van der Waals surface area (Å²) in [5, 5.41) is 11.2. The highest BCUT2D eigenvalue weighted by molar-refractivity contribution is 7.92. The molecule has 0 heterocycles. The number of aliphatic hydroxyl groups excluding tert-OH is 1. The number of carbonyl (C=O) groups is 1. The Morgan fingerprint density at radius 1 is 1.26 bits per heavy atom. The Balaban J connectivity index is 2.62. The van der Waals surface area contributed by atoms with E-state index in [0.29, 0.717) is 5.69 Å². The van der Waals surface area contributed by atoms with Crippen molar-refractivity contribution in [1.29, 1.82) is 0 Å². The molecule has 0 saturated carbocycles. The van der Waals surface area contributed by atoms with Crippen LogP contribution in [0, 0.1) is 13.8 Å². The van der Waals surface area contributed by atoms with Crippen LogP contribution in [-0.2, 0) is 14.6 Å². The van der Waals surface area contributed by atoms with Crippen LogP contribution in [0.15, 0.2) is 18.2 Å². The number of nitrogens with one attached hydrogen (secondary N) is 1. The second-order valence-electron chi connectivity index (χ2n) is 4.52. The quantitative estimate of drug-likeness (QED) is 0.818. The van der Waals surface area contributed by atoms with Crippen LogP contribution in [0.1, 0.15) is 17.5 Å². The monoisotopic (exact) mass is 285 g/mol. The molecular formula is C13H19NO4S. The van der Waals surface area contributed by atoms with Crippen LogP contribution in [0.3, 0.4) is 0 Å². The molecule has 0 aliphatic carbocycles. The van der Waals surface area contributed by atoms with Crippen LogP contribution in [0.4, 0.5) is 5.69 Å². The molecule has 5 nitrogen and oxygen atoms in total. The van der Waals surface area contributed by atoms with Crippen molar-refractivity contribution in [2.45, 2.75) is 20.3 Å². The molecule has 1 aromatic rings. The van der Waals surface area contributed by atoms with Gasteiger partial charge in [0.2, 0.25) is 5.91 Å². The van der Waals surface area contributed by atoms with Gasteiger partial charge in [0.15, 0.2) is 9.84 Å². The van der Waals surface area contributed by atoms with E-state index in [1.165, 1.54) is 0 Å². The highest BCUT2D eigenvalue weighted by Gasteiger charge is 2.16. The van der Waals surface area contributed by atoms with Gasteiger partial charge in [0.25, 0.3) is 0 Å². The van der Waals surface area contributed by atoms with Gasteiger partial charge in [-0.1, -0.05) is 6.07 Å². The van der Waals surface area contributed by atoms with E-state index >= 15 is 0 Å². The molecule has 2 N–H and O–H groups in total. The lowest BCUT2D eigenvalue weighted by molar-refractivity contribution is -0.113.